The Morgan fingerprint density at radius 3 is 2.48 bits per heavy atom. The van der Waals surface area contributed by atoms with E-state index in [0.29, 0.717) is 5.02 Å². The monoisotopic (exact) mass is 352 g/mol. The van der Waals surface area contributed by atoms with Crippen molar-refractivity contribution < 1.29 is 19.4 Å². The standard InChI is InChI=1S/C12H11Cl3N2O4/c13-6-3-7(14)10(8(15)4-6)16-12(20)17-1-2-21-9(5-17)11(18)19/h3-4,9H,1-2,5H2,(H,16,20)(H,18,19). The van der Waals surface area contributed by atoms with Gasteiger partial charge in [0.05, 0.1) is 28.9 Å². The predicted molar refractivity (Wildman–Crippen MR) is 79.4 cm³/mol. The van der Waals surface area contributed by atoms with Gasteiger partial charge in [-0.25, -0.2) is 9.59 Å². The second kappa shape index (κ2) is 6.70. The van der Waals surface area contributed by atoms with Gasteiger partial charge >= 0.3 is 12.0 Å². The van der Waals surface area contributed by atoms with Crippen LogP contribution in [0.15, 0.2) is 12.1 Å². The zero-order valence-electron chi connectivity index (χ0n) is 10.6. The van der Waals surface area contributed by atoms with Gasteiger partial charge in [-0.3, -0.25) is 0 Å². The Morgan fingerprint density at radius 2 is 1.90 bits per heavy atom. The first-order valence-electron chi connectivity index (χ1n) is 5.93. The summed E-state index contributed by atoms with van der Waals surface area (Å²) in [5, 5.41) is 12.2. The number of anilines is 1. The van der Waals surface area contributed by atoms with Gasteiger partial charge in [-0.2, -0.15) is 0 Å². The van der Waals surface area contributed by atoms with Gasteiger partial charge in [0.2, 0.25) is 0 Å². The summed E-state index contributed by atoms with van der Waals surface area (Å²) in [7, 11) is 0. The first-order valence-corrected chi connectivity index (χ1v) is 7.06. The molecule has 1 unspecified atom stereocenters. The van der Waals surface area contributed by atoms with Gasteiger partial charge in [0.15, 0.2) is 6.10 Å². The molecule has 2 amide bonds. The van der Waals surface area contributed by atoms with Crippen molar-refractivity contribution in [1.82, 2.24) is 4.90 Å². The van der Waals surface area contributed by atoms with Gasteiger partial charge in [-0.15, -0.1) is 0 Å². The first-order chi connectivity index (χ1) is 9.88. The topological polar surface area (TPSA) is 78.9 Å². The van der Waals surface area contributed by atoms with E-state index in [1.54, 1.807) is 0 Å². The Labute approximate surface area is 135 Å². The number of carboxylic acid groups (broad SMARTS) is 1. The summed E-state index contributed by atoms with van der Waals surface area (Å²) in [5.74, 6) is -1.12. The molecule has 0 aliphatic carbocycles. The molecule has 0 spiro atoms. The molecule has 0 radical (unpaired) electrons. The van der Waals surface area contributed by atoms with Gasteiger partial charge in [-0.1, -0.05) is 34.8 Å². The minimum atomic E-state index is -1.12. The number of nitrogens with zero attached hydrogens (tertiary/aromatic N) is 1. The smallest absolute Gasteiger partial charge is 0.334 e. The van der Waals surface area contributed by atoms with Crippen molar-refractivity contribution in [2.45, 2.75) is 6.10 Å². The minimum absolute atomic E-state index is 0.0516. The summed E-state index contributed by atoms with van der Waals surface area (Å²) < 4.78 is 5.04. The molecule has 2 N–H and O–H groups in total. The number of carboxylic acids is 1. The van der Waals surface area contributed by atoms with Crippen LogP contribution in [0.4, 0.5) is 10.5 Å². The second-order valence-corrected chi connectivity index (χ2v) is 5.57. The van der Waals surface area contributed by atoms with E-state index in [4.69, 9.17) is 44.6 Å². The van der Waals surface area contributed by atoms with Crippen LogP contribution in [0.1, 0.15) is 0 Å². The van der Waals surface area contributed by atoms with Gasteiger partial charge in [0, 0.05) is 11.6 Å². The van der Waals surface area contributed by atoms with Crippen LogP contribution in [-0.4, -0.2) is 47.8 Å². The lowest BCUT2D eigenvalue weighted by atomic mass is 10.3. The molecule has 1 atom stereocenters. The summed E-state index contributed by atoms with van der Waals surface area (Å²) in [4.78, 5) is 24.4. The average Bonchev–Trinajstić information content (AvgIpc) is 2.42. The molecular formula is C12H11Cl3N2O4. The molecule has 1 aromatic rings. The molecule has 0 aromatic heterocycles. The number of hydrogen-bond donors (Lipinski definition) is 2. The number of carbonyl (C=O) groups excluding carboxylic acids is 1. The van der Waals surface area contributed by atoms with Crippen molar-refractivity contribution in [3.05, 3.63) is 27.2 Å². The third-order valence-corrected chi connectivity index (χ3v) is 3.68. The zero-order chi connectivity index (χ0) is 15.6. The largest absolute Gasteiger partial charge is 0.479 e. The highest BCUT2D eigenvalue weighted by atomic mass is 35.5. The molecule has 114 valence electrons. The Kier molecular flexibility index (Phi) is 5.16. The summed E-state index contributed by atoms with van der Waals surface area (Å²) >= 11 is 17.7. The van der Waals surface area contributed by atoms with Crippen molar-refractivity contribution >= 4 is 52.5 Å². The van der Waals surface area contributed by atoms with Crippen molar-refractivity contribution in [2.75, 3.05) is 25.0 Å². The lowest BCUT2D eigenvalue weighted by Crippen LogP contribution is -2.49. The lowest BCUT2D eigenvalue weighted by Gasteiger charge is -2.31. The normalized spacial score (nSPS) is 18.4. The molecule has 1 saturated heterocycles. The molecule has 1 heterocycles. The Morgan fingerprint density at radius 1 is 1.29 bits per heavy atom. The van der Waals surface area contributed by atoms with Crippen LogP contribution in [0.5, 0.6) is 0 Å². The number of carbonyl (C=O) groups is 2. The van der Waals surface area contributed by atoms with E-state index in [2.05, 4.69) is 5.32 Å². The fraction of sp³-hybridized carbons (Fsp3) is 0.333. The Hall–Kier alpha value is -1.21. The number of nitrogens with one attached hydrogen (secondary N) is 1. The van der Waals surface area contributed by atoms with E-state index in [9.17, 15) is 9.59 Å². The van der Waals surface area contributed by atoms with E-state index in [1.165, 1.54) is 17.0 Å². The third kappa shape index (κ3) is 3.91. The van der Waals surface area contributed by atoms with Crippen molar-refractivity contribution in [2.24, 2.45) is 0 Å². The molecule has 1 aliphatic rings. The van der Waals surface area contributed by atoms with Gasteiger partial charge < -0.3 is 20.1 Å². The molecule has 0 saturated carbocycles. The number of amides is 2. The third-order valence-electron chi connectivity index (χ3n) is 2.87. The van der Waals surface area contributed by atoms with E-state index in [0.717, 1.165) is 0 Å². The summed E-state index contributed by atoms with van der Waals surface area (Å²) in [6.45, 7) is 0.370. The van der Waals surface area contributed by atoms with Gasteiger partial charge in [-0.05, 0) is 12.1 Å². The van der Waals surface area contributed by atoms with Crippen LogP contribution < -0.4 is 5.32 Å². The molecule has 21 heavy (non-hydrogen) atoms. The quantitative estimate of drug-likeness (QED) is 0.857. The number of morpholine rings is 1. The van der Waals surface area contributed by atoms with Crippen molar-refractivity contribution in [1.29, 1.82) is 0 Å². The average molecular weight is 354 g/mol. The van der Waals surface area contributed by atoms with E-state index >= 15 is 0 Å². The Bertz CT molecular complexity index is 559. The highest BCUT2D eigenvalue weighted by Gasteiger charge is 2.29. The maximum absolute atomic E-state index is 12.1. The maximum Gasteiger partial charge on any atom is 0.334 e. The molecule has 1 aromatic carbocycles. The van der Waals surface area contributed by atoms with Crippen LogP contribution >= 0.6 is 34.8 Å². The molecule has 0 bridgehead atoms. The van der Waals surface area contributed by atoms with E-state index < -0.39 is 18.1 Å². The molecule has 6 nitrogen and oxygen atoms in total. The van der Waals surface area contributed by atoms with Gasteiger partial charge in [0.25, 0.3) is 0 Å². The van der Waals surface area contributed by atoms with Crippen molar-refractivity contribution in [3.8, 4) is 0 Å². The van der Waals surface area contributed by atoms with E-state index in [1.807, 2.05) is 0 Å². The molecule has 2 rings (SSSR count). The molecular weight excluding hydrogens is 343 g/mol. The van der Waals surface area contributed by atoms with E-state index in [-0.39, 0.29) is 35.4 Å². The fourth-order valence-electron chi connectivity index (χ4n) is 1.83. The number of rotatable bonds is 2. The maximum atomic E-state index is 12.1. The van der Waals surface area contributed by atoms with Crippen LogP contribution in [-0.2, 0) is 9.53 Å². The highest BCUT2D eigenvalue weighted by Crippen LogP contribution is 2.33. The number of hydrogen-bond acceptors (Lipinski definition) is 3. The predicted octanol–water partition coefficient (Wildman–Crippen LogP) is 2.96. The summed E-state index contributed by atoms with van der Waals surface area (Å²) in [5.41, 5.74) is 0.228. The van der Waals surface area contributed by atoms with Crippen molar-refractivity contribution in [3.63, 3.8) is 0 Å². The number of ether oxygens (including phenoxy) is 1. The Balaban J connectivity index is 2.10. The SMILES string of the molecule is O=C(O)C1CN(C(=O)Nc2c(Cl)cc(Cl)cc2Cl)CCO1. The second-order valence-electron chi connectivity index (χ2n) is 4.32. The molecule has 9 heteroatoms. The van der Waals surface area contributed by atoms with Gasteiger partial charge in [0.1, 0.15) is 0 Å². The minimum Gasteiger partial charge on any atom is -0.479 e. The lowest BCUT2D eigenvalue weighted by molar-refractivity contribution is -0.154. The first kappa shape index (κ1) is 16.2. The number of halogens is 3. The summed E-state index contributed by atoms with van der Waals surface area (Å²) in [6, 6.07) is 2.39. The number of benzene rings is 1. The summed E-state index contributed by atoms with van der Waals surface area (Å²) in [6.07, 6.45) is -1.04. The zero-order valence-corrected chi connectivity index (χ0v) is 12.9. The highest BCUT2D eigenvalue weighted by molar-refractivity contribution is 6.42. The molecule has 1 aliphatic heterocycles. The number of aliphatic carboxylic acids is 1. The van der Waals surface area contributed by atoms with Crippen LogP contribution in [0.2, 0.25) is 15.1 Å². The molecule has 1 fully saturated rings. The number of urea groups is 1. The fourth-order valence-corrected chi connectivity index (χ4v) is 2.74. The van der Waals surface area contributed by atoms with Crippen LogP contribution in [0.3, 0.4) is 0 Å². The van der Waals surface area contributed by atoms with Crippen LogP contribution in [0.25, 0.3) is 0 Å². The van der Waals surface area contributed by atoms with Crippen LogP contribution in [0, 0.1) is 0 Å².